The molecule has 2 heterocycles. The van der Waals surface area contributed by atoms with Gasteiger partial charge < -0.3 is 4.74 Å². The zero-order valence-electron chi connectivity index (χ0n) is 6.83. The number of fused-ring (bicyclic) bond motifs is 1. The molecule has 1 atom stereocenters. The summed E-state index contributed by atoms with van der Waals surface area (Å²) in [5.74, 6) is 0.784. The highest BCUT2D eigenvalue weighted by Gasteiger charge is 2.20. The Bertz CT molecular complexity index is 372. The summed E-state index contributed by atoms with van der Waals surface area (Å²) in [6, 6.07) is 5.48. The van der Waals surface area contributed by atoms with Crippen molar-refractivity contribution in [3.63, 3.8) is 0 Å². The quantitative estimate of drug-likeness (QED) is 0.651. The number of alkyl halides is 1. The van der Waals surface area contributed by atoms with E-state index < -0.39 is 0 Å². The Hall–Kier alpha value is -1.08. The maximum atomic E-state index is 8.66. The number of ether oxygens (including phenoxy) is 1. The van der Waals surface area contributed by atoms with Gasteiger partial charge >= 0.3 is 0 Å². The molecule has 0 amide bonds. The van der Waals surface area contributed by atoms with Crippen LogP contribution in [0.2, 0.25) is 0 Å². The number of pyridine rings is 1. The van der Waals surface area contributed by atoms with Gasteiger partial charge in [0.1, 0.15) is 17.5 Å². The van der Waals surface area contributed by atoms with Crippen molar-refractivity contribution < 1.29 is 4.74 Å². The molecule has 1 aromatic heterocycles. The van der Waals surface area contributed by atoms with Crippen molar-refractivity contribution in [2.75, 3.05) is 6.61 Å². The second kappa shape index (κ2) is 3.35. The lowest BCUT2D eigenvalue weighted by atomic mass is 10.1. The molecule has 1 unspecified atom stereocenters. The first-order valence-corrected chi connectivity index (χ1v) is 4.91. The van der Waals surface area contributed by atoms with E-state index in [4.69, 9.17) is 10.00 Å². The second-order valence-electron chi connectivity index (χ2n) is 2.80. The van der Waals surface area contributed by atoms with Gasteiger partial charge in [0.05, 0.1) is 17.1 Å². The minimum absolute atomic E-state index is 0.213. The Morgan fingerprint density at radius 2 is 2.46 bits per heavy atom. The zero-order chi connectivity index (χ0) is 9.26. The fourth-order valence-electron chi connectivity index (χ4n) is 1.28. The van der Waals surface area contributed by atoms with E-state index in [2.05, 4.69) is 20.9 Å². The smallest absolute Gasteiger partial charge is 0.142 e. The molecule has 1 aliphatic rings. The van der Waals surface area contributed by atoms with Crippen LogP contribution in [0.5, 0.6) is 5.75 Å². The Morgan fingerprint density at radius 1 is 1.62 bits per heavy atom. The number of nitrogens with zero attached hydrogens (tertiary/aromatic N) is 2. The van der Waals surface area contributed by atoms with E-state index in [1.165, 1.54) is 0 Å². The fourth-order valence-corrected chi connectivity index (χ4v) is 1.79. The van der Waals surface area contributed by atoms with Crippen molar-refractivity contribution in [3.05, 3.63) is 23.5 Å². The van der Waals surface area contributed by atoms with Gasteiger partial charge in [-0.15, -0.1) is 0 Å². The third-order valence-corrected chi connectivity index (χ3v) is 2.82. The number of nitriles is 1. The first-order valence-electron chi connectivity index (χ1n) is 3.99. The van der Waals surface area contributed by atoms with E-state index in [0.717, 1.165) is 17.9 Å². The molecule has 2 rings (SSSR count). The molecule has 0 N–H and O–H groups in total. The lowest BCUT2D eigenvalue weighted by Gasteiger charge is -2.20. The van der Waals surface area contributed by atoms with Gasteiger partial charge in [-0.1, -0.05) is 15.9 Å². The standard InChI is InChI=1S/C9H7BrN2O/c10-7-3-4-13-8-2-1-6(5-11)12-9(7)8/h1-2,7H,3-4H2. The van der Waals surface area contributed by atoms with Gasteiger partial charge in [-0.05, 0) is 18.6 Å². The SMILES string of the molecule is N#Cc1ccc2c(n1)C(Br)CCO2. The summed E-state index contributed by atoms with van der Waals surface area (Å²) in [5.41, 5.74) is 1.28. The Labute approximate surface area is 84.5 Å². The maximum absolute atomic E-state index is 8.66. The lowest BCUT2D eigenvalue weighted by Crippen LogP contribution is -2.12. The largest absolute Gasteiger partial charge is 0.492 e. The Balaban J connectivity index is 2.48. The highest BCUT2D eigenvalue weighted by Crippen LogP contribution is 2.35. The molecule has 0 spiro atoms. The molecule has 13 heavy (non-hydrogen) atoms. The summed E-state index contributed by atoms with van der Waals surface area (Å²) < 4.78 is 5.39. The van der Waals surface area contributed by atoms with Crippen LogP contribution in [0.4, 0.5) is 0 Å². The highest BCUT2D eigenvalue weighted by molar-refractivity contribution is 9.09. The third-order valence-electron chi connectivity index (χ3n) is 1.93. The molecule has 0 bridgehead atoms. The zero-order valence-corrected chi connectivity index (χ0v) is 8.41. The average Bonchev–Trinajstić information content (AvgIpc) is 2.18. The summed E-state index contributed by atoms with van der Waals surface area (Å²) >= 11 is 3.50. The molecule has 0 radical (unpaired) electrons. The number of hydrogen-bond acceptors (Lipinski definition) is 3. The minimum Gasteiger partial charge on any atom is -0.492 e. The van der Waals surface area contributed by atoms with E-state index in [9.17, 15) is 0 Å². The van der Waals surface area contributed by atoms with Crippen molar-refractivity contribution in [2.45, 2.75) is 11.2 Å². The second-order valence-corrected chi connectivity index (χ2v) is 3.90. The fraction of sp³-hybridized carbons (Fsp3) is 0.333. The normalized spacial score (nSPS) is 19.8. The van der Waals surface area contributed by atoms with Crippen LogP contribution in [0.25, 0.3) is 0 Å². The molecular weight excluding hydrogens is 232 g/mol. The highest BCUT2D eigenvalue weighted by atomic mass is 79.9. The van der Waals surface area contributed by atoms with Crippen LogP contribution >= 0.6 is 15.9 Å². The molecule has 4 heteroatoms. The van der Waals surface area contributed by atoms with E-state index >= 15 is 0 Å². The first kappa shape index (κ1) is 8.52. The molecule has 0 aromatic carbocycles. The monoisotopic (exact) mass is 238 g/mol. The summed E-state index contributed by atoms with van der Waals surface area (Å²) in [6.07, 6.45) is 0.898. The van der Waals surface area contributed by atoms with Gasteiger partial charge in [0, 0.05) is 0 Å². The van der Waals surface area contributed by atoms with Crippen molar-refractivity contribution in [3.8, 4) is 11.8 Å². The Morgan fingerprint density at radius 3 is 3.23 bits per heavy atom. The van der Waals surface area contributed by atoms with Gasteiger partial charge in [0.15, 0.2) is 0 Å². The average molecular weight is 239 g/mol. The van der Waals surface area contributed by atoms with Crippen molar-refractivity contribution in [1.82, 2.24) is 4.98 Å². The molecule has 0 fully saturated rings. The van der Waals surface area contributed by atoms with Gasteiger partial charge in [-0.2, -0.15) is 5.26 Å². The van der Waals surface area contributed by atoms with Gasteiger partial charge in [-0.3, -0.25) is 0 Å². The molecule has 3 nitrogen and oxygen atoms in total. The predicted molar refractivity (Wildman–Crippen MR) is 50.7 cm³/mol. The number of rotatable bonds is 0. The van der Waals surface area contributed by atoms with Gasteiger partial charge in [0.2, 0.25) is 0 Å². The van der Waals surface area contributed by atoms with E-state index in [1.54, 1.807) is 12.1 Å². The molecule has 1 aliphatic heterocycles. The minimum atomic E-state index is 0.213. The molecule has 0 saturated carbocycles. The molecule has 1 aromatic rings. The van der Waals surface area contributed by atoms with Crippen LogP contribution in [-0.4, -0.2) is 11.6 Å². The number of halogens is 1. The van der Waals surface area contributed by atoms with Crippen LogP contribution < -0.4 is 4.74 Å². The number of hydrogen-bond donors (Lipinski definition) is 0. The molecule has 0 saturated heterocycles. The predicted octanol–water partition coefficient (Wildman–Crippen LogP) is 2.17. The maximum Gasteiger partial charge on any atom is 0.142 e. The number of aromatic nitrogens is 1. The summed E-state index contributed by atoms with van der Waals surface area (Å²) in [4.78, 5) is 4.39. The van der Waals surface area contributed by atoms with Crippen molar-refractivity contribution in [2.24, 2.45) is 0 Å². The van der Waals surface area contributed by atoms with Crippen molar-refractivity contribution in [1.29, 1.82) is 5.26 Å². The van der Waals surface area contributed by atoms with Crippen LogP contribution in [0, 0.1) is 11.3 Å². The molecule has 66 valence electrons. The van der Waals surface area contributed by atoms with Crippen LogP contribution in [0.1, 0.15) is 22.6 Å². The first-order chi connectivity index (χ1) is 6.31. The lowest BCUT2D eigenvalue weighted by molar-refractivity contribution is 0.284. The van der Waals surface area contributed by atoms with E-state index in [0.29, 0.717) is 12.3 Å². The third kappa shape index (κ3) is 1.52. The van der Waals surface area contributed by atoms with Crippen molar-refractivity contribution >= 4 is 15.9 Å². The summed E-state index contributed by atoms with van der Waals surface area (Å²) in [7, 11) is 0. The molecular formula is C9H7BrN2O. The topological polar surface area (TPSA) is 45.9 Å². The summed E-state index contributed by atoms with van der Waals surface area (Å²) in [6.45, 7) is 0.705. The van der Waals surface area contributed by atoms with Gasteiger partial charge in [-0.25, -0.2) is 4.98 Å². The Kier molecular flexibility index (Phi) is 2.19. The van der Waals surface area contributed by atoms with E-state index in [1.807, 2.05) is 6.07 Å². The van der Waals surface area contributed by atoms with Crippen LogP contribution in [-0.2, 0) is 0 Å². The van der Waals surface area contributed by atoms with Gasteiger partial charge in [0.25, 0.3) is 0 Å². The molecule has 0 aliphatic carbocycles. The summed E-state index contributed by atoms with van der Waals surface area (Å²) in [5, 5.41) is 8.66. The van der Waals surface area contributed by atoms with Crippen LogP contribution in [0.15, 0.2) is 12.1 Å². The van der Waals surface area contributed by atoms with Crippen LogP contribution in [0.3, 0.4) is 0 Å². The van der Waals surface area contributed by atoms with E-state index in [-0.39, 0.29) is 4.83 Å².